The molecular formula is C13H19FN2OS. The zero-order valence-corrected chi connectivity index (χ0v) is 11.8. The van der Waals surface area contributed by atoms with Gasteiger partial charge >= 0.3 is 0 Å². The molecule has 1 aromatic carbocycles. The lowest BCUT2D eigenvalue weighted by atomic mass is 10.1. The smallest absolute Gasteiger partial charge is 0.135 e. The quantitative estimate of drug-likeness (QED) is 0.805. The Labute approximate surface area is 113 Å². The van der Waals surface area contributed by atoms with Gasteiger partial charge in [0.05, 0.1) is 17.9 Å². The van der Waals surface area contributed by atoms with Gasteiger partial charge in [0.15, 0.2) is 0 Å². The molecule has 0 aliphatic carbocycles. The molecule has 0 aromatic heterocycles. The molecule has 3 nitrogen and oxygen atoms in total. The van der Waals surface area contributed by atoms with Crippen LogP contribution >= 0.6 is 12.2 Å². The van der Waals surface area contributed by atoms with Crippen LogP contribution in [0.2, 0.25) is 0 Å². The zero-order valence-electron chi connectivity index (χ0n) is 10.9. The molecule has 1 atom stereocenters. The van der Waals surface area contributed by atoms with Crippen LogP contribution in [0.5, 0.6) is 0 Å². The molecule has 5 heteroatoms. The van der Waals surface area contributed by atoms with E-state index in [1.165, 1.54) is 6.07 Å². The first-order chi connectivity index (χ1) is 8.52. The molecule has 0 radical (unpaired) electrons. The summed E-state index contributed by atoms with van der Waals surface area (Å²) in [5.41, 5.74) is 6.64. The van der Waals surface area contributed by atoms with Crippen LogP contribution < -0.4 is 10.6 Å². The molecule has 1 rings (SSSR count). The lowest BCUT2D eigenvalue weighted by Crippen LogP contribution is -2.37. The third kappa shape index (κ3) is 3.17. The van der Waals surface area contributed by atoms with Gasteiger partial charge in [-0.2, -0.15) is 0 Å². The van der Waals surface area contributed by atoms with Crippen molar-refractivity contribution in [1.29, 1.82) is 0 Å². The number of ether oxygens (including phenoxy) is 1. The van der Waals surface area contributed by atoms with E-state index in [9.17, 15) is 4.39 Å². The molecule has 0 spiro atoms. The monoisotopic (exact) mass is 270 g/mol. The number of hydrogen-bond donors (Lipinski definition) is 1. The summed E-state index contributed by atoms with van der Waals surface area (Å²) in [6.07, 6.45) is 0. The van der Waals surface area contributed by atoms with Crippen LogP contribution in [0.3, 0.4) is 0 Å². The van der Waals surface area contributed by atoms with Gasteiger partial charge in [0.1, 0.15) is 10.8 Å². The van der Waals surface area contributed by atoms with E-state index in [1.807, 2.05) is 24.8 Å². The first-order valence-electron chi connectivity index (χ1n) is 5.86. The molecule has 0 saturated heterocycles. The topological polar surface area (TPSA) is 38.5 Å². The van der Waals surface area contributed by atoms with Crippen molar-refractivity contribution < 1.29 is 9.13 Å². The Bertz CT molecular complexity index is 425. The van der Waals surface area contributed by atoms with Crippen molar-refractivity contribution in [3.05, 3.63) is 29.6 Å². The summed E-state index contributed by atoms with van der Waals surface area (Å²) in [6, 6.07) is 4.98. The van der Waals surface area contributed by atoms with Gasteiger partial charge in [-0.1, -0.05) is 18.3 Å². The summed E-state index contributed by atoms with van der Waals surface area (Å²) in [6.45, 7) is 5.30. The Balaban J connectivity index is 3.21. The number of thiocarbonyl (C=S) groups is 1. The zero-order chi connectivity index (χ0) is 13.7. The average molecular weight is 270 g/mol. The highest BCUT2D eigenvalue weighted by Gasteiger charge is 2.19. The van der Waals surface area contributed by atoms with Gasteiger partial charge in [-0.25, -0.2) is 4.39 Å². The van der Waals surface area contributed by atoms with E-state index in [-0.39, 0.29) is 16.8 Å². The second kappa shape index (κ2) is 6.66. The van der Waals surface area contributed by atoms with Gasteiger partial charge in [-0.05, 0) is 26.0 Å². The number of methoxy groups -OCH3 is 1. The molecule has 1 unspecified atom stereocenters. The molecular weight excluding hydrogens is 251 g/mol. The maximum Gasteiger partial charge on any atom is 0.135 e. The van der Waals surface area contributed by atoms with Crippen LogP contribution in [0.1, 0.15) is 19.4 Å². The molecule has 2 N–H and O–H groups in total. The van der Waals surface area contributed by atoms with Crippen molar-refractivity contribution in [3.8, 4) is 0 Å². The molecule has 0 aliphatic rings. The fourth-order valence-electron chi connectivity index (χ4n) is 2.05. The fourth-order valence-corrected chi connectivity index (χ4v) is 2.25. The van der Waals surface area contributed by atoms with Gasteiger partial charge < -0.3 is 15.4 Å². The van der Waals surface area contributed by atoms with Gasteiger partial charge in [0.25, 0.3) is 0 Å². The molecule has 18 heavy (non-hydrogen) atoms. The van der Waals surface area contributed by atoms with Crippen LogP contribution in [0.25, 0.3) is 0 Å². The first-order valence-corrected chi connectivity index (χ1v) is 6.27. The minimum absolute atomic E-state index is 0.0752. The van der Waals surface area contributed by atoms with Crippen LogP contribution in [0.15, 0.2) is 18.2 Å². The van der Waals surface area contributed by atoms with E-state index in [1.54, 1.807) is 13.2 Å². The third-order valence-electron chi connectivity index (χ3n) is 2.83. The number of halogens is 1. The summed E-state index contributed by atoms with van der Waals surface area (Å²) in [4.78, 5) is 2.10. The number of likely N-dealkylation sites (N-methyl/N-ethyl adjacent to an activating group) is 1. The molecule has 0 aliphatic heterocycles. The lowest BCUT2D eigenvalue weighted by molar-refractivity contribution is 0.182. The lowest BCUT2D eigenvalue weighted by Gasteiger charge is -2.31. The van der Waals surface area contributed by atoms with Gasteiger partial charge in [0.2, 0.25) is 0 Å². The largest absolute Gasteiger partial charge is 0.389 e. The van der Waals surface area contributed by atoms with E-state index in [4.69, 9.17) is 22.7 Å². The fraction of sp³-hybridized carbons (Fsp3) is 0.462. The summed E-state index contributed by atoms with van der Waals surface area (Å²) in [7, 11) is 1.64. The van der Waals surface area contributed by atoms with Crippen molar-refractivity contribution in [2.45, 2.75) is 19.9 Å². The second-order valence-electron chi connectivity index (χ2n) is 4.09. The van der Waals surface area contributed by atoms with E-state index in [0.717, 1.165) is 12.2 Å². The number of nitrogens with zero attached hydrogens (tertiary/aromatic N) is 1. The Morgan fingerprint density at radius 3 is 2.72 bits per heavy atom. The highest BCUT2D eigenvalue weighted by Crippen LogP contribution is 2.25. The van der Waals surface area contributed by atoms with Crippen LogP contribution in [-0.4, -0.2) is 31.3 Å². The minimum Gasteiger partial charge on any atom is -0.389 e. The van der Waals surface area contributed by atoms with Crippen LogP contribution in [-0.2, 0) is 4.74 Å². The van der Waals surface area contributed by atoms with Gasteiger partial charge in [0, 0.05) is 19.7 Å². The molecule has 0 saturated carbocycles. The Kier molecular flexibility index (Phi) is 5.50. The van der Waals surface area contributed by atoms with Crippen molar-refractivity contribution in [1.82, 2.24) is 0 Å². The van der Waals surface area contributed by atoms with E-state index < -0.39 is 0 Å². The van der Waals surface area contributed by atoms with Crippen LogP contribution in [0, 0.1) is 5.82 Å². The summed E-state index contributed by atoms with van der Waals surface area (Å²) in [5, 5.41) is 0. The minimum atomic E-state index is -0.386. The Morgan fingerprint density at radius 1 is 1.56 bits per heavy atom. The maximum atomic E-state index is 13.8. The molecule has 0 amide bonds. The van der Waals surface area contributed by atoms with Gasteiger partial charge in [-0.15, -0.1) is 0 Å². The predicted octanol–water partition coefficient (Wildman–Crippen LogP) is 2.32. The average Bonchev–Trinajstić information content (AvgIpc) is 2.29. The number of hydrogen-bond acceptors (Lipinski definition) is 3. The van der Waals surface area contributed by atoms with Crippen LogP contribution in [0.4, 0.5) is 10.1 Å². The highest BCUT2D eigenvalue weighted by molar-refractivity contribution is 7.80. The Hall–Kier alpha value is -1.20. The molecule has 0 heterocycles. The summed E-state index contributed by atoms with van der Waals surface area (Å²) in [5.74, 6) is -0.386. The molecule has 0 bridgehead atoms. The number of nitrogens with two attached hydrogens (primary N) is 1. The van der Waals surface area contributed by atoms with Crippen molar-refractivity contribution in [3.63, 3.8) is 0 Å². The van der Waals surface area contributed by atoms with E-state index in [2.05, 4.69) is 0 Å². The van der Waals surface area contributed by atoms with Crippen molar-refractivity contribution in [2.24, 2.45) is 5.73 Å². The van der Waals surface area contributed by atoms with E-state index in [0.29, 0.717) is 12.2 Å². The van der Waals surface area contributed by atoms with E-state index >= 15 is 0 Å². The van der Waals surface area contributed by atoms with Gasteiger partial charge in [-0.3, -0.25) is 0 Å². The standard InChI is InChI=1S/C13H19FN2OS/c1-4-16(9(2)8-17-3)11-7-5-6-10(14)12(11)13(15)18/h5-7,9H,4,8H2,1-3H3,(H2,15,18). The normalized spacial score (nSPS) is 12.2. The summed E-state index contributed by atoms with van der Waals surface area (Å²) >= 11 is 4.94. The first kappa shape index (κ1) is 14.9. The summed E-state index contributed by atoms with van der Waals surface area (Å²) < 4.78 is 19.0. The highest BCUT2D eigenvalue weighted by atomic mass is 32.1. The second-order valence-corrected chi connectivity index (χ2v) is 4.53. The number of benzene rings is 1. The molecule has 1 aromatic rings. The predicted molar refractivity (Wildman–Crippen MR) is 76.6 cm³/mol. The number of rotatable bonds is 6. The maximum absolute atomic E-state index is 13.8. The van der Waals surface area contributed by atoms with Crippen molar-refractivity contribution in [2.75, 3.05) is 25.2 Å². The molecule has 0 fully saturated rings. The van der Waals surface area contributed by atoms with Crippen molar-refractivity contribution >= 4 is 22.9 Å². The number of anilines is 1. The Morgan fingerprint density at radius 2 is 2.22 bits per heavy atom. The third-order valence-corrected chi connectivity index (χ3v) is 3.03. The SMILES string of the molecule is CCN(c1cccc(F)c1C(N)=S)C(C)COC. The molecule has 100 valence electrons.